The summed E-state index contributed by atoms with van der Waals surface area (Å²) in [7, 11) is 0. The summed E-state index contributed by atoms with van der Waals surface area (Å²) in [6.07, 6.45) is 1.66. The maximum atomic E-state index is 14.4. The number of nitrogens with one attached hydrogen (secondary N) is 1. The molecule has 1 aliphatic carbocycles. The Hall–Kier alpha value is -2.99. The van der Waals surface area contributed by atoms with E-state index in [1.165, 1.54) is 6.07 Å². The summed E-state index contributed by atoms with van der Waals surface area (Å²) in [5, 5.41) is 9.19. The summed E-state index contributed by atoms with van der Waals surface area (Å²) in [4.78, 5) is 16.5. The normalized spacial score (nSPS) is 23.9. The molecule has 1 amide bonds. The van der Waals surface area contributed by atoms with Crippen molar-refractivity contribution in [2.75, 3.05) is 0 Å². The van der Waals surface area contributed by atoms with Gasteiger partial charge in [0.25, 0.3) is 5.91 Å². The lowest BCUT2D eigenvalue weighted by atomic mass is 9.98. The molecule has 3 atom stereocenters. The maximum Gasteiger partial charge on any atom is 0.250 e. The van der Waals surface area contributed by atoms with Crippen molar-refractivity contribution < 1.29 is 18.8 Å². The van der Waals surface area contributed by atoms with Crippen LogP contribution in [0.3, 0.4) is 0 Å². The molecule has 0 spiro atoms. The van der Waals surface area contributed by atoms with Crippen LogP contribution in [0, 0.1) is 18.2 Å². The Morgan fingerprint density at radius 1 is 1.19 bits per heavy atom. The van der Waals surface area contributed by atoms with Crippen LogP contribution in [0.15, 0.2) is 59.1 Å². The van der Waals surface area contributed by atoms with Crippen molar-refractivity contribution in [3.63, 3.8) is 0 Å². The van der Waals surface area contributed by atoms with Crippen LogP contribution in [-0.4, -0.2) is 16.1 Å². The number of amides is 1. The average Bonchev–Trinajstić information content (AvgIpc) is 3.07. The number of aryl methyl sites for hydroxylation is 1. The number of benzene rings is 2. The van der Waals surface area contributed by atoms with Gasteiger partial charge in [0.05, 0.1) is 11.6 Å². The van der Waals surface area contributed by atoms with Crippen LogP contribution in [0.25, 0.3) is 11.3 Å². The third-order valence-electron chi connectivity index (χ3n) is 5.52. The Balaban J connectivity index is 1.70. The molecule has 3 aromatic rings. The van der Waals surface area contributed by atoms with Crippen molar-refractivity contribution in [2.24, 2.45) is 5.41 Å². The molecule has 138 valence electrons. The molecule has 1 aliphatic rings. The number of carbonyl (C=O) groups excluding carboxylic acids is 1. The Kier molecular flexibility index (Phi) is 4.08. The highest BCUT2D eigenvalue weighted by atomic mass is 19.1. The average molecular weight is 366 g/mol. The molecule has 27 heavy (non-hydrogen) atoms. The molecule has 6 heteroatoms. The van der Waals surface area contributed by atoms with Crippen LogP contribution in [0.4, 0.5) is 4.39 Å². The zero-order chi connectivity index (χ0) is 19.2. The largest absolute Gasteiger partial charge is 0.441 e. The minimum Gasteiger partial charge on any atom is -0.441 e. The van der Waals surface area contributed by atoms with Crippen LogP contribution < -0.4 is 5.48 Å². The first-order valence-electron chi connectivity index (χ1n) is 8.68. The Bertz CT molecular complexity index is 999. The minimum atomic E-state index is -0.929. The zero-order valence-corrected chi connectivity index (χ0v) is 14.9. The van der Waals surface area contributed by atoms with Crippen LogP contribution in [0.5, 0.6) is 0 Å². The molecule has 1 saturated carbocycles. The van der Waals surface area contributed by atoms with Crippen molar-refractivity contribution in [3.05, 3.63) is 77.6 Å². The van der Waals surface area contributed by atoms with E-state index in [1.54, 1.807) is 43.7 Å². The topological polar surface area (TPSA) is 75.4 Å². The number of nitrogens with zero attached hydrogens (tertiary/aromatic N) is 1. The van der Waals surface area contributed by atoms with E-state index in [4.69, 9.17) is 4.42 Å². The van der Waals surface area contributed by atoms with E-state index in [1.807, 2.05) is 24.3 Å². The number of aromatic nitrogens is 1. The summed E-state index contributed by atoms with van der Waals surface area (Å²) in [5.74, 6) is -0.220. The summed E-state index contributed by atoms with van der Waals surface area (Å²) >= 11 is 0. The van der Waals surface area contributed by atoms with Gasteiger partial charge in [-0.05, 0) is 24.1 Å². The standard InChI is InChI=1S/C21H19FN2O3/c1-12-23-11-17(27-12)13-7-9-14(10-8-13)18-19(21(18,2)20(25)24-26)15-5-3-4-6-16(15)22/h3-11,18-19,26H,1-2H3,(H,24,25). The molecule has 2 aromatic carbocycles. The molecule has 2 N–H and O–H groups in total. The van der Waals surface area contributed by atoms with Crippen LogP contribution in [-0.2, 0) is 4.79 Å². The number of halogens is 1. The zero-order valence-electron chi connectivity index (χ0n) is 14.9. The highest BCUT2D eigenvalue weighted by molar-refractivity contribution is 5.88. The van der Waals surface area contributed by atoms with Gasteiger partial charge in [0.2, 0.25) is 0 Å². The molecule has 4 rings (SSSR count). The first-order chi connectivity index (χ1) is 13.0. The summed E-state index contributed by atoms with van der Waals surface area (Å²) in [6.45, 7) is 3.52. The number of oxazole rings is 1. The smallest absolute Gasteiger partial charge is 0.250 e. The first kappa shape index (κ1) is 17.4. The van der Waals surface area contributed by atoms with Crippen molar-refractivity contribution in [2.45, 2.75) is 25.7 Å². The minimum absolute atomic E-state index is 0.243. The van der Waals surface area contributed by atoms with E-state index in [0.29, 0.717) is 17.2 Å². The number of carbonyl (C=O) groups is 1. The molecule has 0 aliphatic heterocycles. The van der Waals surface area contributed by atoms with Crippen molar-refractivity contribution >= 4 is 5.91 Å². The van der Waals surface area contributed by atoms with Gasteiger partial charge >= 0.3 is 0 Å². The number of hydroxylamine groups is 1. The molecular weight excluding hydrogens is 347 g/mol. The Morgan fingerprint density at radius 3 is 2.48 bits per heavy atom. The Labute approximate surface area is 155 Å². The second-order valence-electron chi connectivity index (χ2n) is 7.07. The fraction of sp³-hybridized carbons (Fsp3) is 0.238. The second-order valence-corrected chi connectivity index (χ2v) is 7.07. The van der Waals surface area contributed by atoms with Gasteiger partial charge in [-0.3, -0.25) is 10.0 Å². The summed E-state index contributed by atoms with van der Waals surface area (Å²) in [5.41, 5.74) is 3.06. The van der Waals surface area contributed by atoms with Crippen LogP contribution in [0.2, 0.25) is 0 Å². The van der Waals surface area contributed by atoms with Crippen molar-refractivity contribution in [1.82, 2.24) is 10.5 Å². The van der Waals surface area contributed by atoms with E-state index >= 15 is 0 Å². The molecule has 0 radical (unpaired) electrons. The van der Waals surface area contributed by atoms with E-state index in [0.717, 1.165) is 11.1 Å². The lowest BCUT2D eigenvalue weighted by molar-refractivity contribution is -0.134. The Morgan fingerprint density at radius 2 is 1.89 bits per heavy atom. The lowest BCUT2D eigenvalue weighted by Crippen LogP contribution is -2.29. The van der Waals surface area contributed by atoms with E-state index in [2.05, 4.69) is 4.98 Å². The SMILES string of the molecule is Cc1ncc(-c2ccc(C3C(c4ccccc4F)C3(C)C(=O)NO)cc2)o1. The highest BCUT2D eigenvalue weighted by Crippen LogP contribution is 2.70. The number of rotatable bonds is 4. The monoisotopic (exact) mass is 366 g/mol. The molecule has 1 heterocycles. The maximum absolute atomic E-state index is 14.4. The lowest BCUT2D eigenvalue weighted by Gasteiger charge is -2.09. The molecule has 1 aromatic heterocycles. The highest BCUT2D eigenvalue weighted by Gasteiger charge is 2.67. The molecule has 5 nitrogen and oxygen atoms in total. The van der Waals surface area contributed by atoms with Crippen molar-refractivity contribution in [1.29, 1.82) is 0 Å². The molecule has 0 bridgehead atoms. The fourth-order valence-electron chi connectivity index (χ4n) is 4.03. The van der Waals surface area contributed by atoms with Gasteiger partial charge in [-0.1, -0.05) is 42.5 Å². The number of hydrogen-bond acceptors (Lipinski definition) is 4. The first-order valence-corrected chi connectivity index (χ1v) is 8.68. The second kappa shape index (κ2) is 6.32. The third-order valence-corrected chi connectivity index (χ3v) is 5.52. The summed E-state index contributed by atoms with van der Waals surface area (Å²) in [6, 6.07) is 14.0. The predicted octanol–water partition coefficient (Wildman–Crippen LogP) is 4.18. The molecular formula is C21H19FN2O3. The fourth-order valence-corrected chi connectivity index (χ4v) is 4.03. The van der Waals surface area contributed by atoms with Gasteiger partial charge in [0.15, 0.2) is 11.7 Å². The third kappa shape index (κ3) is 2.73. The van der Waals surface area contributed by atoms with Gasteiger partial charge < -0.3 is 4.42 Å². The van der Waals surface area contributed by atoms with E-state index in [-0.39, 0.29) is 17.7 Å². The summed E-state index contributed by atoms with van der Waals surface area (Å²) < 4.78 is 19.9. The van der Waals surface area contributed by atoms with Gasteiger partial charge in [-0.2, -0.15) is 0 Å². The predicted molar refractivity (Wildman–Crippen MR) is 96.6 cm³/mol. The van der Waals surface area contributed by atoms with Gasteiger partial charge in [0, 0.05) is 24.3 Å². The molecule has 0 saturated heterocycles. The van der Waals surface area contributed by atoms with Crippen LogP contribution in [0.1, 0.15) is 35.8 Å². The van der Waals surface area contributed by atoms with Gasteiger partial charge in [-0.15, -0.1) is 0 Å². The van der Waals surface area contributed by atoms with Crippen LogP contribution >= 0.6 is 0 Å². The number of hydrogen-bond donors (Lipinski definition) is 2. The quantitative estimate of drug-likeness (QED) is 0.536. The van der Waals surface area contributed by atoms with Gasteiger partial charge in [0.1, 0.15) is 5.82 Å². The molecule has 1 fully saturated rings. The van der Waals surface area contributed by atoms with Gasteiger partial charge in [-0.25, -0.2) is 14.9 Å². The van der Waals surface area contributed by atoms with Crippen molar-refractivity contribution in [3.8, 4) is 11.3 Å². The molecule has 3 unspecified atom stereocenters. The van der Waals surface area contributed by atoms with E-state index < -0.39 is 11.3 Å². The van der Waals surface area contributed by atoms with E-state index in [9.17, 15) is 14.4 Å².